The molecule has 0 radical (unpaired) electrons. The second-order valence-corrected chi connectivity index (χ2v) is 7.85. The molecule has 0 unspecified atom stereocenters. The van der Waals surface area contributed by atoms with E-state index >= 15 is 0 Å². The van der Waals surface area contributed by atoms with Crippen molar-refractivity contribution in [1.29, 1.82) is 0 Å². The highest BCUT2D eigenvalue weighted by molar-refractivity contribution is 7.13. The molecule has 0 aliphatic carbocycles. The van der Waals surface area contributed by atoms with Gasteiger partial charge >= 0.3 is 0 Å². The Balaban J connectivity index is 1.67. The van der Waals surface area contributed by atoms with Crippen molar-refractivity contribution in [2.45, 2.75) is 26.9 Å². The van der Waals surface area contributed by atoms with E-state index in [-0.39, 0.29) is 18.0 Å². The van der Waals surface area contributed by atoms with Gasteiger partial charge in [0.1, 0.15) is 4.88 Å². The summed E-state index contributed by atoms with van der Waals surface area (Å²) in [6, 6.07) is 11.0. The molecule has 0 spiro atoms. The third-order valence-corrected chi connectivity index (χ3v) is 5.60. The van der Waals surface area contributed by atoms with Crippen LogP contribution in [0.15, 0.2) is 53.6 Å². The van der Waals surface area contributed by atoms with Gasteiger partial charge in [-0.25, -0.2) is 9.67 Å². The Morgan fingerprint density at radius 3 is 2.62 bits per heavy atom. The molecule has 4 aromatic rings. The van der Waals surface area contributed by atoms with Crippen molar-refractivity contribution in [2.75, 3.05) is 0 Å². The summed E-state index contributed by atoms with van der Waals surface area (Å²) in [6.07, 6.45) is 3.39. The summed E-state index contributed by atoms with van der Waals surface area (Å²) in [6.45, 7) is 4.21. The first-order chi connectivity index (χ1) is 14.0. The van der Waals surface area contributed by atoms with E-state index in [1.54, 1.807) is 18.5 Å². The largest absolute Gasteiger partial charge is 0.346 e. The second-order valence-electron chi connectivity index (χ2n) is 6.65. The summed E-state index contributed by atoms with van der Waals surface area (Å²) in [4.78, 5) is 34.5. The smallest absolute Gasteiger partial charge is 0.274 e. The Morgan fingerprint density at radius 2 is 1.93 bits per heavy atom. The van der Waals surface area contributed by atoms with Gasteiger partial charge in [0.15, 0.2) is 0 Å². The Labute approximate surface area is 171 Å². The van der Waals surface area contributed by atoms with Crippen molar-refractivity contribution in [3.8, 4) is 0 Å². The normalized spacial score (nSPS) is 11.0. The predicted octanol–water partition coefficient (Wildman–Crippen LogP) is 2.84. The molecule has 7 nitrogen and oxygen atoms in total. The van der Waals surface area contributed by atoms with E-state index < -0.39 is 0 Å². The number of amides is 1. The summed E-state index contributed by atoms with van der Waals surface area (Å²) in [5.41, 5.74) is 2.05. The van der Waals surface area contributed by atoms with Crippen LogP contribution < -0.4 is 10.9 Å². The molecule has 0 atom stereocenters. The third-order valence-electron chi connectivity index (χ3n) is 4.53. The molecule has 1 amide bonds. The van der Waals surface area contributed by atoms with Crippen LogP contribution in [0.3, 0.4) is 0 Å². The number of carbonyl (C=O) groups excluding carboxylic acids is 1. The molecule has 1 aromatic carbocycles. The lowest BCUT2D eigenvalue weighted by Crippen LogP contribution is -2.29. The first-order valence-electron chi connectivity index (χ1n) is 9.13. The van der Waals surface area contributed by atoms with E-state index in [9.17, 15) is 9.59 Å². The van der Waals surface area contributed by atoms with Crippen LogP contribution in [0.5, 0.6) is 0 Å². The number of nitrogens with one attached hydrogen (secondary N) is 1. The van der Waals surface area contributed by atoms with Gasteiger partial charge < -0.3 is 5.32 Å². The maximum absolute atomic E-state index is 12.9. The maximum Gasteiger partial charge on any atom is 0.274 e. The number of hydrogen-bond acceptors (Lipinski definition) is 6. The number of fused-ring (bicyclic) bond motifs is 1. The quantitative estimate of drug-likeness (QED) is 0.551. The average Bonchev–Trinajstić information content (AvgIpc) is 3.08. The highest BCUT2D eigenvalue weighted by Crippen LogP contribution is 2.18. The third kappa shape index (κ3) is 3.93. The number of carbonyl (C=O) groups is 1. The zero-order valence-electron chi connectivity index (χ0n) is 16.0. The number of nitrogens with zero attached hydrogens (tertiary/aromatic N) is 4. The van der Waals surface area contributed by atoms with Crippen LogP contribution in [0, 0.1) is 13.8 Å². The van der Waals surface area contributed by atoms with Crippen LogP contribution in [-0.2, 0) is 13.1 Å². The number of aromatic nitrogens is 4. The highest BCUT2D eigenvalue weighted by Gasteiger charge is 2.16. The van der Waals surface area contributed by atoms with Crippen molar-refractivity contribution in [1.82, 2.24) is 25.1 Å². The van der Waals surface area contributed by atoms with Gasteiger partial charge in [-0.15, -0.1) is 11.3 Å². The van der Waals surface area contributed by atoms with Crippen molar-refractivity contribution in [3.63, 3.8) is 0 Å². The molecule has 8 heteroatoms. The molecular weight excluding hydrogens is 386 g/mol. The van der Waals surface area contributed by atoms with E-state index in [4.69, 9.17) is 0 Å². The molecule has 3 aromatic heterocycles. The van der Waals surface area contributed by atoms with E-state index in [1.165, 1.54) is 16.0 Å². The molecule has 1 N–H and O–H groups in total. The molecule has 0 aliphatic heterocycles. The lowest BCUT2D eigenvalue weighted by Gasteiger charge is -2.12. The van der Waals surface area contributed by atoms with Crippen LogP contribution in [-0.4, -0.2) is 25.7 Å². The number of aryl methyl sites for hydroxylation is 2. The van der Waals surface area contributed by atoms with Gasteiger partial charge in [0.2, 0.25) is 0 Å². The maximum atomic E-state index is 12.9. The van der Waals surface area contributed by atoms with E-state index in [1.807, 2.05) is 44.2 Å². The summed E-state index contributed by atoms with van der Waals surface area (Å²) >= 11 is 1.36. The number of pyridine rings is 1. The summed E-state index contributed by atoms with van der Waals surface area (Å²) in [5, 5.41) is 9.60. The minimum Gasteiger partial charge on any atom is -0.346 e. The summed E-state index contributed by atoms with van der Waals surface area (Å²) in [5.74, 6) is -0.191. The molecule has 4 rings (SSSR count). The number of hydrogen-bond donors (Lipinski definition) is 1. The molecule has 0 aliphatic rings. The molecule has 3 heterocycles. The van der Waals surface area contributed by atoms with Crippen LogP contribution in [0.4, 0.5) is 0 Å². The molecule has 29 heavy (non-hydrogen) atoms. The van der Waals surface area contributed by atoms with Crippen molar-refractivity contribution < 1.29 is 4.79 Å². The Kier molecular flexibility index (Phi) is 5.18. The standard InChI is InChI=1S/C21H19N5O2S/c1-13-19(29-14(2)24-13)20(27)23-11-18-16-7-3-4-8-17(16)21(28)26(25-18)12-15-6-5-9-22-10-15/h3-10H,11-12H2,1-2H3,(H,23,27). The average molecular weight is 405 g/mol. The zero-order valence-corrected chi connectivity index (χ0v) is 16.9. The van der Waals surface area contributed by atoms with Crippen LogP contribution >= 0.6 is 11.3 Å². The van der Waals surface area contributed by atoms with Gasteiger partial charge in [0.05, 0.1) is 34.9 Å². The topological polar surface area (TPSA) is 89.8 Å². The lowest BCUT2D eigenvalue weighted by molar-refractivity contribution is 0.0953. The monoisotopic (exact) mass is 405 g/mol. The van der Waals surface area contributed by atoms with Crippen LogP contribution in [0.1, 0.15) is 31.6 Å². The molecule has 146 valence electrons. The van der Waals surface area contributed by atoms with Gasteiger partial charge in [0, 0.05) is 17.8 Å². The highest BCUT2D eigenvalue weighted by atomic mass is 32.1. The van der Waals surface area contributed by atoms with Gasteiger partial charge in [-0.1, -0.05) is 24.3 Å². The van der Waals surface area contributed by atoms with E-state index in [2.05, 4.69) is 20.4 Å². The number of rotatable bonds is 5. The Bertz CT molecular complexity index is 1250. The summed E-state index contributed by atoms with van der Waals surface area (Å²) in [7, 11) is 0. The van der Waals surface area contributed by atoms with E-state index in [0.29, 0.717) is 28.2 Å². The first-order valence-corrected chi connectivity index (χ1v) is 9.94. The van der Waals surface area contributed by atoms with Crippen LogP contribution in [0.2, 0.25) is 0 Å². The van der Waals surface area contributed by atoms with Gasteiger partial charge in [-0.2, -0.15) is 5.10 Å². The fourth-order valence-electron chi connectivity index (χ4n) is 3.19. The Morgan fingerprint density at radius 1 is 1.14 bits per heavy atom. The minimum atomic E-state index is -0.191. The van der Waals surface area contributed by atoms with E-state index in [0.717, 1.165) is 16.0 Å². The van der Waals surface area contributed by atoms with Gasteiger partial charge in [-0.05, 0) is 31.5 Å². The number of benzene rings is 1. The first kappa shape index (κ1) is 18.9. The zero-order chi connectivity index (χ0) is 20.4. The fourth-order valence-corrected chi connectivity index (χ4v) is 4.03. The SMILES string of the molecule is Cc1nc(C)c(C(=O)NCc2nn(Cc3cccnc3)c(=O)c3ccccc23)s1. The molecule has 0 saturated heterocycles. The van der Waals surface area contributed by atoms with Crippen molar-refractivity contribution in [3.05, 3.63) is 86.0 Å². The van der Waals surface area contributed by atoms with Crippen LogP contribution in [0.25, 0.3) is 10.8 Å². The number of thiazole rings is 1. The molecule has 0 fully saturated rings. The molecule has 0 saturated carbocycles. The summed E-state index contributed by atoms with van der Waals surface area (Å²) < 4.78 is 1.42. The molecule has 0 bridgehead atoms. The van der Waals surface area contributed by atoms with Crippen molar-refractivity contribution >= 4 is 28.0 Å². The van der Waals surface area contributed by atoms with Gasteiger partial charge in [0.25, 0.3) is 11.5 Å². The molecular formula is C21H19N5O2S. The second kappa shape index (κ2) is 7.92. The lowest BCUT2D eigenvalue weighted by atomic mass is 10.1. The van der Waals surface area contributed by atoms with Crippen molar-refractivity contribution in [2.24, 2.45) is 0 Å². The minimum absolute atomic E-state index is 0.173. The fraction of sp³-hybridized carbons (Fsp3) is 0.190. The van der Waals surface area contributed by atoms with Gasteiger partial charge in [-0.3, -0.25) is 14.6 Å². The Hall–Kier alpha value is -3.39. The predicted molar refractivity (Wildman–Crippen MR) is 112 cm³/mol.